The monoisotopic (exact) mass is 408 g/mol. The highest BCUT2D eigenvalue weighted by atomic mass is 16.6. The molecule has 0 radical (unpaired) electrons. The van der Waals surface area contributed by atoms with Gasteiger partial charge in [-0.1, -0.05) is 27.7 Å². The first-order chi connectivity index (χ1) is 13.7. The highest BCUT2D eigenvalue weighted by Gasteiger charge is 2.40. The van der Waals surface area contributed by atoms with Crippen LogP contribution in [0.25, 0.3) is 0 Å². The van der Waals surface area contributed by atoms with Crippen LogP contribution in [-0.4, -0.2) is 79.9 Å². The molecule has 8 heteroatoms. The van der Waals surface area contributed by atoms with Crippen LogP contribution in [0, 0.1) is 22.7 Å². The van der Waals surface area contributed by atoms with Crippen LogP contribution < -0.4 is 5.32 Å². The lowest BCUT2D eigenvalue weighted by molar-refractivity contribution is -0.127. The van der Waals surface area contributed by atoms with Crippen molar-refractivity contribution >= 4 is 12.0 Å². The lowest BCUT2D eigenvalue weighted by atomic mass is 9.82. The van der Waals surface area contributed by atoms with Crippen molar-refractivity contribution in [2.45, 2.75) is 52.5 Å². The zero-order valence-electron chi connectivity index (χ0n) is 18.3. The van der Waals surface area contributed by atoms with Gasteiger partial charge in [0.05, 0.1) is 25.9 Å². The fraction of sp³-hybridized carbons (Fsp3) is 0.857. The van der Waals surface area contributed by atoms with Crippen molar-refractivity contribution in [1.29, 1.82) is 5.26 Å². The number of hydrogen-bond donors (Lipinski definition) is 1. The Balaban J connectivity index is 1.93. The van der Waals surface area contributed by atoms with Crippen LogP contribution in [0.5, 0.6) is 0 Å². The van der Waals surface area contributed by atoms with Gasteiger partial charge in [-0.2, -0.15) is 5.26 Å². The molecule has 2 rings (SSSR count). The number of likely N-dealkylation sites (tertiary alicyclic amines) is 1. The van der Waals surface area contributed by atoms with E-state index in [4.69, 9.17) is 9.47 Å². The van der Waals surface area contributed by atoms with E-state index in [-0.39, 0.29) is 29.9 Å². The van der Waals surface area contributed by atoms with Gasteiger partial charge in [0.2, 0.25) is 5.91 Å². The zero-order valence-corrected chi connectivity index (χ0v) is 18.3. The molecule has 1 N–H and O–H groups in total. The summed E-state index contributed by atoms with van der Waals surface area (Å²) in [4.78, 5) is 29.0. The van der Waals surface area contributed by atoms with E-state index in [1.807, 2.05) is 0 Å². The van der Waals surface area contributed by atoms with Crippen LogP contribution in [0.3, 0.4) is 0 Å². The summed E-state index contributed by atoms with van der Waals surface area (Å²) in [5.41, 5.74) is -0.880. The largest absolute Gasteiger partial charge is 0.449 e. The number of carbonyl (C=O) groups excluding carboxylic acids is 2. The third-order valence-electron chi connectivity index (χ3n) is 5.56. The standard InChI is InChI=1S/C21H36N4O4/c1-5-24-8-7-21(15-22,16-24)23-18(26)17(14-20(2,3)4)6-11-29-19(27)25-9-12-28-13-10-25/h17H,5-14,16H2,1-4H3,(H,23,26). The van der Waals surface area contributed by atoms with Gasteiger partial charge < -0.3 is 24.6 Å². The average molecular weight is 409 g/mol. The van der Waals surface area contributed by atoms with Crippen LogP contribution in [0.2, 0.25) is 0 Å². The van der Waals surface area contributed by atoms with E-state index in [9.17, 15) is 14.9 Å². The number of hydrogen-bond acceptors (Lipinski definition) is 6. The van der Waals surface area contributed by atoms with Crippen LogP contribution in [0.4, 0.5) is 4.79 Å². The number of ether oxygens (including phenoxy) is 2. The number of nitrogens with one attached hydrogen (secondary N) is 1. The molecule has 2 unspecified atom stereocenters. The molecule has 164 valence electrons. The Hall–Kier alpha value is -1.85. The Labute approximate surface area is 174 Å². The third-order valence-corrected chi connectivity index (χ3v) is 5.56. The molecule has 2 aliphatic heterocycles. The molecule has 8 nitrogen and oxygen atoms in total. The SMILES string of the molecule is CCN1CCC(C#N)(NC(=O)C(CCOC(=O)N2CCOCC2)CC(C)(C)C)C1. The predicted molar refractivity (Wildman–Crippen MR) is 109 cm³/mol. The molecule has 29 heavy (non-hydrogen) atoms. The predicted octanol–water partition coefficient (Wildman–Crippen LogP) is 2.00. The molecule has 0 aromatic heterocycles. The van der Waals surface area contributed by atoms with E-state index in [2.05, 4.69) is 44.0 Å². The Bertz CT molecular complexity index is 607. The van der Waals surface area contributed by atoms with Gasteiger partial charge in [0.25, 0.3) is 0 Å². The Morgan fingerprint density at radius 2 is 1.97 bits per heavy atom. The van der Waals surface area contributed by atoms with Crippen molar-refractivity contribution in [2.75, 3.05) is 52.5 Å². The average Bonchev–Trinajstić information content (AvgIpc) is 3.10. The molecule has 0 saturated carbocycles. The summed E-state index contributed by atoms with van der Waals surface area (Å²) in [5, 5.41) is 12.7. The Morgan fingerprint density at radius 3 is 2.52 bits per heavy atom. The minimum atomic E-state index is -0.826. The number of nitrogens with zero attached hydrogens (tertiary/aromatic N) is 3. The van der Waals surface area contributed by atoms with Gasteiger partial charge in [0.1, 0.15) is 5.54 Å². The molecular formula is C21H36N4O4. The highest BCUT2D eigenvalue weighted by Crippen LogP contribution is 2.28. The van der Waals surface area contributed by atoms with Crippen LogP contribution in [-0.2, 0) is 14.3 Å². The molecule has 0 aliphatic carbocycles. The van der Waals surface area contributed by atoms with Crippen molar-refractivity contribution in [3.05, 3.63) is 0 Å². The number of carbonyl (C=O) groups is 2. The van der Waals surface area contributed by atoms with E-state index in [0.717, 1.165) is 13.1 Å². The quantitative estimate of drug-likeness (QED) is 0.692. The lowest BCUT2D eigenvalue weighted by Gasteiger charge is -2.30. The molecule has 0 aromatic carbocycles. The second kappa shape index (κ2) is 10.3. The van der Waals surface area contributed by atoms with Crippen LogP contribution in [0.15, 0.2) is 0 Å². The molecule has 2 fully saturated rings. The van der Waals surface area contributed by atoms with Crippen molar-refractivity contribution in [2.24, 2.45) is 11.3 Å². The third kappa shape index (κ3) is 7.16. The van der Waals surface area contributed by atoms with Crippen molar-refractivity contribution in [3.8, 4) is 6.07 Å². The van der Waals surface area contributed by atoms with E-state index in [1.54, 1.807) is 4.90 Å². The summed E-state index contributed by atoms with van der Waals surface area (Å²) in [6, 6.07) is 2.33. The van der Waals surface area contributed by atoms with Gasteiger partial charge in [-0.3, -0.25) is 4.79 Å². The fourth-order valence-electron chi connectivity index (χ4n) is 3.91. The van der Waals surface area contributed by atoms with Crippen molar-refractivity contribution in [3.63, 3.8) is 0 Å². The van der Waals surface area contributed by atoms with Gasteiger partial charge in [-0.25, -0.2) is 4.79 Å². The van der Waals surface area contributed by atoms with Crippen molar-refractivity contribution < 1.29 is 19.1 Å². The maximum Gasteiger partial charge on any atom is 0.409 e. The molecule has 2 heterocycles. The lowest BCUT2D eigenvalue weighted by Crippen LogP contribution is -2.51. The normalized spacial score (nSPS) is 24.0. The second-order valence-corrected chi connectivity index (χ2v) is 9.27. The Kier molecular flexibility index (Phi) is 8.29. The van der Waals surface area contributed by atoms with Gasteiger partial charge in [-0.05, 0) is 31.2 Å². The Morgan fingerprint density at radius 1 is 1.28 bits per heavy atom. The summed E-state index contributed by atoms with van der Waals surface area (Å²) in [7, 11) is 0. The number of nitriles is 1. The molecular weight excluding hydrogens is 372 g/mol. The molecule has 2 saturated heterocycles. The first-order valence-electron chi connectivity index (χ1n) is 10.6. The van der Waals surface area contributed by atoms with Crippen molar-refractivity contribution in [1.82, 2.24) is 15.1 Å². The fourth-order valence-corrected chi connectivity index (χ4v) is 3.91. The summed E-state index contributed by atoms with van der Waals surface area (Å²) < 4.78 is 10.7. The van der Waals surface area contributed by atoms with Gasteiger partial charge in [0.15, 0.2) is 0 Å². The van der Waals surface area contributed by atoms with E-state index >= 15 is 0 Å². The number of rotatable bonds is 7. The van der Waals surface area contributed by atoms with Gasteiger partial charge in [-0.15, -0.1) is 0 Å². The molecule has 2 aliphatic rings. The van der Waals surface area contributed by atoms with E-state index in [0.29, 0.717) is 52.1 Å². The van der Waals surface area contributed by atoms with Gasteiger partial charge >= 0.3 is 6.09 Å². The minimum Gasteiger partial charge on any atom is -0.449 e. The topological polar surface area (TPSA) is 94.9 Å². The maximum absolute atomic E-state index is 13.1. The summed E-state index contributed by atoms with van der Waals surface area (Å²) in [6.45, 7) is 12.8. The molecule has 2 amide bonds. The first-order valence-corrected chi connectivity index (χ1v) is 10.6. The maximum atomic E-state index is 13.1. The van der Waals surface area contributed by atoms with Gasteiger partial charge in [0, 0.05) is 32.1 Å². The summed E-state index contributed by atoms with van der Waals surface area (Å²) in [5.74, 6) is -0.435. The minimum absolute atomic E-state index is 0.0544. The molecule has 0 bridgehead atoms. The molecule has 0 aromatic rings. The van der Waals surface area contributed by atoms with E-state index in [1.165, 1.54) is 0 Å². The van der Waals surface area contributed by atoms with E-state index < -0.39 is 5.54 Å². The smallest absolute Gasteiger partial charge is 0.409 e. The first kappa shape index (κ1) is 23.4. The number of morpholine rings is 1. The highest BCUT2D eigenvalue weighted by molar-refractivity contribution is 5.80. The summed E-state index contributed by atoms with van der Waals surface area (Å²) >= 11 is 0. The van der Waals surface area contributed by atoms with Crippen LogP contribution >= 0.6 is 0 Å². The molecule has 2 atom stereocenters. The number of amides is 2. The zero-order chi connectivity index (χ0) is 21.5. The second-order valence-electron chi connectivity index (χ2n) is 9.27. The summed E-state index contributed by atoms with van der Waals surface area (Å²) in [6.07, 6.45) is 1.38. The number of likely N-dealkylation sites (N-methyl/N-ethyl adjacent to an activating group) is 1. The molecule has 0 spiro atoms. The van der Waals surface area contributed by atoms with Crippen LogP contribution in [0.1, 0.15) is 47.0 Å².